The van der Waals surface area contributed by atoms with E-state index in [0.717, 1.165) is 48.6 Å². The molecule has 0 spiro atoms. The van der Waals surface area contributed by atoms with Crippen LogP contribution in [0.2, 0.25) is 0 Å². The third-order valence-electron chi connectivity index (χ3n) is 4.95. The summed E-state index contributed by atoms with van der Waals surface area (Å²) < 4.78 is 2.39. The van der Waals surface area contributed by atoms with Crippen molar-refractivity contribution in [2.75, 3.05) is 19.3 Å². The zero-order chi connectivity index (χ0) is 19.6. The third kappa shape index (κ3) is 5.70. The molecule has 8 heteroatoms. The van der Waals surface area contributed by atoms with E-state index in [4.69, 9.17) is 0 Å². The Kier molecular flexibility index (Phi) is 8.14. The molecule has 0 unspecified atom stereocenters. The van der Waals surface area contributed by atoms with Crippen LogP contribution in [-0.2, 0) is 13.0 Å². The Bertz CT molecular complexity index is 738. The molecular weight excluding hydrogens is 370 g/mol. The Balaban J connectivity index is 1.51. The highest BCUT2D eigenvalue weighted by molar-refractivity contribution is 7.98. The first-order chi connectivity index (χ1) is 13.8. The minimum atomic E-state index is 0.573. The monoisotopic (exact) mass is 401 g/mol. The first-order valence-electron chi connectivity index (χ1n) is 10.2. The van der Waals surface area contributed by atoms with Crippen molar-refractivity contribution in [1.29, 1.82) is 0 Å². The lowest BCUT2D eigenvalue weighted by Gasteiger charge is -2.16. The number of pyridine rings is 1. The number of aliphatic imine (C=N–C) groups is 1. The molecule has 152 valence electrons. The number of hydrogen-bond acceptors (Lipinski definition) is 5. The molecule has 0 bridgehead atoms. The van der Waals surface area contributed by atoms with Crippen LogP contribution in [-0.4, -0.2) is 45.1 Å². The summed E-state index contributed by atoms with van der Waals surface area (Å²) in [6, 6.07) is 6.48. The molecule has 28 heavy (non-hydrogen) atoms. The number of guanidine groups is 1. The number of aromatic nitrogens is 4. The largest absolute Gasteiger partial charge is 0.357 e. The summed E-state index contributed by atoms with van der Waals surface area (Å²) in [4.78, 5) is 8.94. The van der Waals surface area contributed by atoms with E-state index < -0.39 is 0 Å². The molecule has 1 fully saturated rings. The molecule has 2 N–H and O–H groups in total. The molecule has 0 atom stereocenters. The van der Waals surface area contributed by atoms with Crippen molar-refractivity contribution in [1.82, 2.24) is 30.4 Å². The van der Waals surface area contributed by atoms with Gasteiger partial charge < -0.3 is 15.2 Å². The van der Waals surface area contributed by atoms with Crippen LogP contribution in [0.25, 0.3) is 0 Å². The second-order valence-corrected chi connectivity index (χ2v) is 7.73. The maximum absolute atomic E-state index is 4.62. The normalized spacial score (nSPS) is 15.1. The van der Waals surface area contributed by atoms with E-state index in [1.54, 1.807) is 18.0 Å². The molecule has 0 radical (unpaired) electrons. The smallest absolute Gasteiger partial charge is 0.191 e. The SMILES string of the molecule is CCNC(=NCc1ccccn1)NCCCc1nnc(SC)n1C1CCCC1. The summed E-state index contributed by atoms with van der Waals surface area (Å²) in [6.45, 7) is 4.33. The number of hydrogen-bond donors (Lipinski definition) is 2. The fourth-order valence-electron chi connectivity index (χ4n) is 3.59. The van der Waals surface area contributed by atoms with E-state index in [-0.39, 0.29) is 0 Å². The van der Waals surface area contributed by atoms with Crippen LogP contribution in [0, 0.1) is 0 Å². The Hall–Kier alpha value is -2.09. The highest BCUT2D eigenvalue weighted by Crippen LogP contribution is 2.33. The van der Waals surface area contributed by atoms with Crippen LogP contribution in [0.5, 0.6) is 0 Å². The van der Waals surface area contributed by atoms with Crippen LogP contribution in [0.4, 0.5) is 0 Å². The van der Waals surface area contributed by atoms with Gasteiger partial charge in [-0.25, -0.2) is 4.99 Å². The highest BCUT2D eigenvalue weighted by Gasteiger charge is 2.23. The molecule has 1 aliphatic carbocycles. The first kappa shape index (κ1) is 20.6. The van der Waals surface area contributed by atoms with E-state index in [0.29, 0.717) is 12.6 Å². The fourth-order valence-corrected chi connectivity index (χ4v) is 4.17. The van der Waals surface area contributed by atoms with Crippen LogP contribution in [0.15, 0.2) is 34.5 Å². The Morgan fingerprint density at radius 2 is 2.11 bits per heavy atom. The maximum atomic E-state index is 4.62. The summed E-state index contributed by atoms with van der Waals surface area (Å²) >= 11 is 1.70. The lowest BCUT2D eigenvalue weighted by Crippen LogP contribution is -2.38. The summed E-state index contributed by atoms with van der Waals surface area (Å²) in [5.74, 6) is 1.95. The van der Waals surface area contributed by atoms with Crippen LogP contribution in [0.3, 0.4) is 0 Å². The summed E-state index contributed by atoms with van der Waals surface area (Å²) in [5, 5.41) is 16.6. The maximum Gasteiger partial charge on any atom is 0.191 e. The first-order valence-corrected chi connectivity index (χ1v) is 11.4. The van der Waals surface area contributed by atoms with Gasteiger partial charge in [0.15, 0.2) is 11.1 Å². The van der Waals surface area contributed by atoms with Crippen molar-refractivity contribution in [2.45, 2.75) is 63.2 Å². The average molecular weight is 402 g/mol. The van der Waals surface area contributed by atoms with Gasteiger partial charge in [-0.1, -0.05) is 30.7 Å². The Morgan fingerprint density at radius 1 is 1.25 bits per heavy atom. The average Bonchev–Trinajstić information content (AvgIpc) is 3.39. The quantitative estimate of drug-likeness (QED) is 0.291. The second-order valence-electron chi connectivity index (χ2n) is 6.96. The van der Waals surface area contributed by atoms with Crippen molar-refractivity contribution in [3.63, 3.8) is 0 Å². The number of aryl methyl sites for hydroxylation is 1. The molecule has 3 rings (SSSR count). The minimum absolute atomic E-state index is 0.573. The molecule has 2 aromatic rings. The number of thioether (sulfide) groups is 1. The van der Waals surface area contributed by atoms with Crippen molar-refractivity contribution in [2.24, 2.45) is 4.99 Å². The van der Waals surface area contributed by atoms with Crippen molar-refractivity contribution in [3.05, 3.63) is 35.9 Å². The molecule has 7 nitrogen and oxygen atoms in total. The van der Waals surface area contributed by atoms with E-state index in [1.807, 2.05) is 18.2 Å². The fraction of sp³-hybridized carbons (Fsp3) is 0.600. The highest BCUT2D eigenvalue weighted by atomic mass is 32.2. The van der Waals surface area contributed by atoms with Gasteiger partial charge in [0.2, 0.25) is 0 Å². The standard InChI is InChI=1S/C20H31N7S/c1-3-21-19(24-15-16-9-6-7-13-22-16)23-14-8-12-18-25-26-20(28-2)27(18)17-10-4-5-11-17/h6-7,9,13,17H,3-5,8,10-12,14-15H2,1-2H3,(H2,21,23,24). The predicted molar refractivity (Wildman–Crippen MR) is 115 cm³/mol. The van der Waals surface area contributed by atoms with Crippen LogP contribution in [0.1, 0.15) is 56.6 Å². The molecule has 1 saturated carbocycles. The van der Waals surface area contributed by atoms with Gasteiger partial charge in [-0.3, -0.25) is 4.98 Å². The van der Waals surface area contributed by atoms with Crippen LogP contribution < -0.4 is 10.6 Å². The summed E-state index contributed by atoms with van der Waals surface area (Å²) in [7, 11) is 0. The molecule has 0 saturated heterocycles. The van der Waals surface area contributed by atoms with Gasteiger partial charge in [0, 0.05) is 31.7 Å². The Morgan fingerprint density at radius 3 is 2.82 bits per heavy atom. The van der Waals surface area contributed by atoms with Gasteiger partial charge in [-0.2, -0.15) is 0 Å². The zero-order valence-corrected chi connectivity index (χ0v) is 17.7. The van der Waals surface area contributed by atoms with Crippen molar-refractivity contribution >= 4 is 17.7 Å². The predicted octanol–water partition coefficient (Wildman–Crippen LogP) is 3.20. The second kappa shape index (κ2) is 11.0. The molecule has 0 amide bonds. The summed E-state index contributed by atoms with van der Waals surface area (Å²) in [6.07, 6.45) is 10.9. The van der Waals surface area contributed by atoms with Gasteiger partial charge >= 0.3 is 0 Å². The molecule has 0 aromatic carbocycles. The molecule has 2 heterocycles. The van der Waals surface area contributed by atoms with Crippen molar-refractivity contribution < 1.29 is 0 Å². The minimum Gasteiger partial charge on any atom is -0.357 e. The molecule has 0 aliphatic heterocycles. The number of rotatable bonds is 9. The van der Waals surface area contributed by atoms with E-state index in [1.165, 1.54) is 25.7 Å². The van der Waals surface area contributed by atoms with Gasteiger partial charge in [-0.05, 0) is 44.6 Å². The molecular formula is C20H31N7S. The van der Waals surface area contributed by atoms with Crippen molar-refractivity contribution in [3.8, 4) is 0 Å². The van der Waals surface area contributed by atoms with Gasteiger partial charge in [-0.15, -0.1) is 10.2 Å². The number of nitrogens with zero attached hydrogens (tertiary/aromatic N) is 5. The topological polar surface area (TPSA) is 80.0 Å². The van der Waals surface area contributed by atoms with E-state index in [9.17, 15) is 0 Å². The van der Waals surface area contributed by atoms with E-state index in [2.05, 4.69) is 48.6 Å². The van der Waals surface area contributed by atoms with Crippen LogP contribution >= 0.6 is 11.8 Å². The summed E-state index contributed by atoms with van der Waals surface area (Å²) in [5.41, 5.74) is 0.967. The zero-order valence-electron chi connectivity index (χ0n) is 16.9. The van der Waals surface area contributed by atoms with E-state index >= 15 is 0 Å². The molecule has 2 aromatic heterocycles. The lowest BCUT2D eigenvalue weighted by molar-refractivity contribution is 0.460. The van der Waals surface area contributed by atoms with Gasteiger partial charge in [0.05, 0.1) is 12.2 Å². The lowest BCUT2D eigenvalue weighted by atomic mass is 10.2. The van der Waals surface area contributed by atoms with Gasteiger partial charge in [0.1, 0.15) is 5.82 Å². The molecule has 1 aliphatic rings. The number of nitrogens with one attached hydrogen (secondary N) is 2. The Labute approximate surface area is 171 Å². The van der Waals surface area contributed by atoms with Gasteiger partial charge in [0.25, 0.3) is 0 Å². The third-order valence-corrected chi connectivity index (χ3v) is 5.59.